The largest absolute Gasteiger partial charge is 0.453 e. The van der Waals surface area contributed by atoms with Crippen molar-refractivity contribution in [2.75, 3.05) is 0 Å². The maximum atomic E-state index is 5.44. The van der Waals surface area contributed by atoms with Gasteiger partial charge in [-0.05, 0) is 48.3 Å². The molecule has 0 spiro atoms. The molecule has 0 saturated heterocycles. The van der Waals surface area contributed by atoms with E-state index in [2.05, 4.69) is 42.0 Å². The van der Waals surface area contributed by atoms with E-state index < -0.39 is 0 Å². The van der Waals surface area contributed by atoms with Crippen LogP contribution in [-0.2, 0) is 0 Å². The highest BCUT2D eigenvalue weighted by Gasteiger charge is 2.11. The van der Waals surface area contributed by atoms with E-state index in [1.54, 1.807) is 0 Å². The van der Waals surface area contributed by atoms with Crippen LogP contribution in [0.1, 0.15) is 39.0 Å². The standard InChI is InChI=1S/C10H16BrNO/c1-4-7(2)12-8(3)9-5-6-10(11)13-9/h5-8,12H,4H2,1-3H3. The number of hydrogen-bond donors (Lipinski definition) is 1. The Morgan fingerprint density at radius 1 is 1.46 bits per heavy atom. The zero-order valence-corrected chi connectivity index (χ0v) is 9.89. The molecule has 1 aromatic heterocycles. The molecule has 2 nitrogen and oxygen atoms in total. The first-order chi connectivity index (χ1) is 6.13. The summed E-state index contributed by atoms with van der Waals surface area (Å²) in [5.41, 5.74) is 0. The topological polar surface area (TPSA) is 25.2 Å². The minimum absolute atomic E-state index is 0.279. The lowest BCUT2D eigenvalue weighted by Gasteiger charge is -2.16. The summed E-state index contributed by atoms with van der Waals surface area (Å²) in [4.78, 5) is 0. The molecule has 0 aliphatic heterocycles. The molecule has 0 aliphatic carbocycles. The van der Waals surface area contributed by atoms with Crippen LogP contribution in [0.4, 0.5) is 0 Å². The Morgan fingerprint density at radius 3 is 2.62 bits per heavy atom. The van der Waals surface area contributed by atoms with Crippen molar-refractivity contribution in [3.8, 4) is 0 Å². The summed E-state index contributed by atoms with van der Waals surface area (Å²) in [6.45, 7) is 6.45. The summed E-state index contributed by atoms with van der Waals surface area (Å²) < 4.78 is 6.24. The summed E-state index contributed by atoms with van der Waals surface area (Å²) in [6, 6.07) is 4.72. The Kier molecular flexibility index (Phi) is 4.00. The highest BCUT2D eigenvalue weighted by Crippen LogP contribution is 2.20. The Morgan fingerprint density at radius 2 is 2.15 bits per heavy atom. The maximum absolute atomic E-state index is 5.44. The second kappa shape index (κ2) is 4.82. The normalized spacial score (nSPS) is 15.7. The van der Waals surface area contributed by atoms with E-state index in [0.717, 1.165) is 16.9 Å². The Bertz CT molecular complexity index is 259. The molecule has 0 amide bonds. The van der Waals surface area contributed by atoms with Gasteiger partial charge in [0.2, 0.25) is 0 Å². The maximum Gasteiger partial charge on any atom is 0.169 e. The highest BCUT2D eigenvalue weighted by atomic mass is 79.9. The van der Waals surface area contributed by atoms with Gasteiger partial charge in [0.1, 0.15) is 5.76 Å². The van der Waals surface area contributed by atoms with Gasteiger partial charge in [-0.15, -0.1) is 0 Å². The predicted molar refractivity (Wildman–Crippen MR) is 57.7 cm³/mol. The molecule has 0 aliphatic rings. The first-order valence-corrected chi connectivity index (χ1v) is 5.44. The van der Waals surface area contributed by atoms with Crippen LogP contribution in [0.2, 0.25) is 0 Å². The fourth-order valence-corrected chi connectivity index (χ4v) is 1.51. The van der Waals surface area contributed by atoms with Crippen molar-refractivity contribution in [1.29, 1.82) is 0 Å². The zero-order valence-electron chi connectivity index (χ0n) is 8.30. The van der Waals surface area contributed by atoms with Gasteiger partial charge < -0.3 is 9.73 Å². The van der Waals surface area contributed by atoms with Crippen LogP contribution in [0.15, 0.2) is 21.2 Å². The van der Waals surface area contributed by atoms with E-state index in [1.165, 1.54) is 0 Å². The molecule has 0 radical (unpaired) electrons. The van der Waals surface area contributed by atoms with Gasteiger partial charge in [-0.2, -0.15) is 0 Å². The van der Waals surface area contributed by atoms with E-state index in [-0.39, 0.29) is 6.04 Å². The van der Waals surface area contributed by atoms with E-state index >= 15 is 0 Å². The van der Waals surface area contributed by atoms with Gasteiger partial charge >= 0.3 is 0 Å². The quantitative estimate of drug-likeness (QED) is 0.879. The lowest BCUT2D eigenvalue weighted by molar-refractivity contribution is 0.386. The van der Waals surface area contributed by atoms with Gasteiger partial charge in [0.05, 0.1) is 6.04 Å². The van der Waals surface area contributed by atoms with Gasteiger partial charge in [-0.1, -0.05) is 6.92 Å². The molecule has 0 saturated carbocycles. The second-order valence-corrected chi connectivity index (χ2v) is 4.12. The van der Waals surface area contributed by atoms with Crippen LogP contribution in [0, 0.1) is 0 Å². The molecule has 1 rings (SSSR count). The molecule has 2 unspecified atom stereocenters. The average molecular weight is 246 g/mol. The number of nitrogens with one attached hydrogen (secondary N) is 1. The van der Waals surface area contributed by atoms with E-state index in [4.69, 9.17) is 4.42 Å². The van der Waals surface area contributed by atoms with Crippen LogP contribution in [0.3, 0.4) is 0 Å². The molecule has 1 aromatic rings. The Balaban J connectivity index is 2.53. The van der Waals surface area contributed by atoms with Crippen molar-refractivity contribution in [2.45, 2.75) is 39.3 Å². The molecule has 13 heavy (non-hydrogen) atoms. The van der Waals surface area contributed by atoms with Crippen molar-refractivity contribution < 1.29 is 4.42 Å². The van der Waals surface area contributed by atoms with Crippen molar-refractivity contribution in [1.82, 2.24) is 5.32 Å². The minimum Gasteiger partial charge on any atom is -0.453 e. The van der Waals surface area contributed by atoms with Gasteiger partial charge in [0, 0.05) is 6.04 Å². The molecule has 1 heterocycles. The van der Waals surface area contributed by atoms with Gasteiger partial charge in [-0.3, -0.25) is 0 Å². The predicted octanol–water partition coefficient (Wildman–Crippen LogP) is 3.49. The molecule has 3 heteroatoms. The van der Waals surface area contributed by atoms with Crippen molar-refractivity contribution in [2.24, 2.45) is 0 Å². The molecule has 1 N–H and O–H groups in total. The van der Waals surface area contributed by atoms with Crippen LogP contribution in [0.5, 0.6) is 0 Å². The van der Waals surface area contributed by atoms with Crippen LogP contribution < -0.4 is 5.32 Å². The van der Waals surface area contributed by atoms with Gasteiger partial charge in [-0.25, -0.2) is 0 Å². The summed E-state index contributed by atoms with van der Waals surface area (Å²) in [5.74, 6) is 0.979. The smallest absolute Gasteiger partial charge is 0.169 e. The van der Waals surface area contributed by atoms with Crippen LogP contribution in [-0.4, -0.2) is 6.04 Å². The molecule has 0 fully saturated rings. The molecular weight excluding hydrogens is 230 g/mol. The third kappa shape index (κ3) is 3.16. The first kappa shape index (κ1) is 10.8. The Labute approximate surface area is 87.8 Å². The third-order valence-corrected chi connectivity index (χ3v) is 2.59. The second-order valence-electron chi connectivity index (χ2n) is 3.34. The lowest BCUT2D eigenvalue weighted by atomic mass is 10.2. The van der Waals surface area contributed by atoms with Gasteiger partial charge in [0.25, 0.3) is 0 Å². The zero-order chi connectivity index (χ0) is 9.84. The van der Waals surface area contributed by atoms with Crippen molar-refractivity contribution >= 4 is 15.9 Å². The van der Waals surface area contributed by atoms with Crippen molar-refractivity contribution in [3.05, 3.63) is 22.6 Å². The molecule has 2 atom stereocenters. The van der Waals surface area contributed by atoms with E-state index in [1.807, 2.05) is 12.1 Å². The SMILES string of the molecule is CCC(C)NC(C)c1ccc(Br)o1. The minimum atomic E-state index is 0.279. The van der Waals surface area contributed by atoms with Crippen LogP contribution in [0.25, 0.3) is 0 Å². The monoisotopic (exact) mass is 245 g/mol. The van der Waals surface area contributed by atoms with E-state index in [0.29, 0.717) is 6.04 Å². The van der Waals surface area contributed by atoms with E-state index in [9.17, 15) is 0 Å². The molecule has 0 aromatic carbocycles. The summed E-state index contributed by atoms with van der Waals surface area (Å²) >= 11 is 3.29. The number of furan rings is 1. The first-order valence-electron chi connectivity index (χ1n) is 4.64. The summed E-state index contributed by atoms with van der Waals surface area (Å²) in [7, 11) is 0. The van der Waals surface area contributed by atoms with Gasteiger partial charge in [0.15, 0.2) is 4.67 Å². The third-order valence-electron chi connectivity index (χ3n) is 2.17. The molecule has 74 valence electrons. The van der Waals surface area contributed by atoms with Crippen molar-refractivity contribution in [3.63, 3.8) is 0 Å². The summed E-state index contributed by atoms with van der Waals surface area (Å²) in [6.07, 6.45) is 1.13. The number of hydrogen-bond acceptors (Lipinski definition) is 2. The lowest BCUT2D eigenvalue weighted by Crippen LogP contribution is -2.27. The fourth-order valence-electron chi connectivity index (χ4n) is 1.19. The number of rotatable bonds is 4. The average Bonchev–Trinajstić information content (AvgIpc) is 2.51. The Hall–Kier alpha value is -0.280. The molecule has 0 bridgehead atoms. The highest BCUT2D eigenvalue weighted by molar-refractivity contribution is 9.10. The fraction of sp³-hybridized carbons (Fsp3) is 0.600. The molecular formula is C10H16BrNO. The number of halogens is 1. The summed E-state index contributed by atoms with van der Waals surface area (Å²) in [5, 5.41) is 3.44. The van der Waals surface area contributed by atoms with Crippen LogP contribution >= 0.6 is 15.9 Å².